The molecule has 0 saturated carbocycles. The number of carboxylic acid groups (broad SMARTS) is 1. The van der Waals surface area contributed by atoms with Crippen LogP contribution in [-0.2, 0) is 0 Å². The van der Waals surface area contributed by atoms with Crippen molar-refractivity contribution < 1.29 is 19.4 Å². The molecular weight excluding hydrogens is 332 g/mol. The van der Waals surface area contributed by atoms with Gasteiger partial charge in [-0.2, -0.15) is 0 Å². The monoisotopic (exact) mass is 343 g/mol. The van der Waals surface area contributed by atoms with E-state index in [9.17, 15) is 14.3 Å². The first kappa shape index (κ1) is 16.5. The molecule has 1 amide bonds. The number of halogens is 3. The molecule has 4 nitrogen and oxygen atoms in total. The van der Waals surface area contributed by atoms with Crippen molar-refractivity contribution in [2.45, 2.75) is 12.1 Å². The van der Waals surface area contributed by atoms with Gasteiger partial charge in [0.1, 0.15) is 11.9 Å². The number of nitrogens with one attached hydrogen (secondary N) is 1. The van der Waals surface area contributed by atoms with Crippen LogP contribution in [0.15, 0.2) is 42.5 Å². The summed E-state index contributed by atoms with van der Waals surface area (Å²) in [7, 11) is 0. The van der Waals surface area contributed by atoms with Crippen molar-refractivity contribution in [3.8, 4) is 0 Å². The number of amides is 1. The van der Waals surface area contributed by atoms with Gasteiger partial charge in [0.05, 0.1) is 6.04 Å². The fraction of sp³-hybridized carbons (Fsp3) is 0.133. The highest BCUT2D eigenvalue weighted by atomic mass is 35.5. The van der Waals surface area contributed by atoms with Gasteiger partial charge in [-0.15, -0.1) is 0 Å². The zero-order chi connectivity index (χ0) is 16.3. The molecular formula is C15H12Cl2FNO3. The molecule has 3 N–H and O–H groups in total. The van der Waals surface area contributed by atoms with Crippen LogP contribution in [0, 0.1) is 5.82 Å². The lowest BCUT2D eigenvalue weighted by atomic mass is 9.95. The van der Waals surface area contributed by atoms with E-state index >= 15 is 0 Å². The molecule has 0 saturated heterocycles. The summed E-state index contributed by atoms with van der Waals surface area (Å²) in [5, 5.41) is 22.0. The SMILES string of the molecule is O=C(O)N[C@H](c1ccc(Cl)cc1F)[C@H](O)c1cccc(Cl)c1. The molecule has 2 atom stereocenters. The van der Waals surface area contributed by atoms with Crippen LogP contribution in [0.25, 0.3) is 0 Å². The van der Waals surface area contributed by atoms with Crippen LogP contribution in [0.1, 0.15) is 23.3 Å². The summed E-state index contributed by atoms with van der Waals surface area (Å²) < 4.78 is 14.1. The fourth-order valence-corrected chi connectivity index (χ4v) is 2.45. The van der Waals surface area contributed by atoms with Crippen molar-refractivity contribution in [3.05, 3.63) is 69.5 Å². The molecule has 0 bridgehead atoms. The van der Waals surface area contributed by atoms with E-state index in [1.165, 1.54) is 18.2 Å². The van der Waals surface area contributed by atoms with Crippen molar-refractivity contribution in [1.82, 2.24) is 5.32 Å². The molecule has 0 unspecified atom stereocenters. The van der Waals surface area contributed by atoms with Gasteiger partial charge < -0.3 is 15.5 Å². The molecule has 2 aromatic carbocycles. The molecule has 0 aliphatic heterocycles. The van der Waals surface area contributed by atoms with E-state index in [0.29, 0.717) is 10.6 Å². The predicted molar refractivity (Wildman–Crippen MR) is 81.7 cm³/mol. The van der Waals surface area contributed by atoms with Gasteiger partial charge >= 0.3 is 6.09 Å². The van der Waals surface area contributed by atoms with Gasteiger partial charge in [0.25, 0.3) is 0 Å². The second-order valence-electron chi connectivity index (χ2n) is 4.59. The van der Waals surface area contributed by atoms with E-state index in [1.807, 2.05) is 0 Å². The van der Waals surface area contributed by atoms with Gasteiger partial charge in [0, 0.05) is 15.6 Å². The summed E-state index contributed by atoms with van der Waals surface area (Å²) in [5.41, 5.74) is 0.347. The summed E-state index contributed by atoms with van der Waals surface area (Å²) in [6.07, 6.45) is -2.70. The Hall–Kier alpha value is -1.82. The molecule has 0 spiro atoms. The fourth-order valence-electron chi connectivity index (χ4n) is 2.10. The van der Waals surface area contributed by atoms with Crippen molar-refractivity contribution in [2.24, 2.45) is 0 Å². The van der Waals surface area contributed by atoms with Crippen molar-refractivity contribution in [3.63, 3.8) is 0 Å². The van der Waals surface area contributed by atoms with E-state index in [-0.39, 0.29) is 10.6 Å². The molecule has 2 rings (SSSR count). The maximum absolute atomic E-state index is 14.1. The number of benzene rings is 2. The lowest BCUT2D eigenvalue weighted by Gasteiger charge is -2.24. The van der Waals surface area contributed by atoms with Gasteiger partial charge in [0.2, 0.25) is 0 Å². The standard InChI is InChI=1S/C15H12Cl2FNO3/c16-9-3-1-2-8(6-9)14(20)13(19-15(21)22)11-5-4-10(17)7-12(11)18/h1-7,13-14,19-20H,(H,21,22)/t13-,14-/m1/s1. The van der Waals surface area contributed by atoms with Crippen LogP contribution in [0.2, 0.25) is 10.0 Å². The van der Waals surface area contributed by atoms with Crippen LogP contribution in [0.4, 0.5) is 9.18 Å². The number of carbonyl (C=O) groups is 1. The Balaban J connectivity index is 2.43. The molecule has 116 valence electrons. The smallest absolute Gasteiger partial charge is 0.405 e. The highest BCUT2D eigenvalue weighted by Crippen LogP contribution is 2.32. The van der Waals surface area contributed by atoms with Gasteiger partial charge in [-0.3, -0.25) is 0 Å². The highest BCUT2D eigenvalue weighted by molar-refractivity contribution is 6.30. The van der Waals surface area contributed by atoms with E-state index in [2.05, 4.69) is 5.32 Å². The summed E-state index contributed by atoms with van der Waals surface area (Å²) >= 11 is 11.5. The molecule has 0 aromatic heterocycles. The Morgan fingerprint density at radius 2 is 1.82 bits per heavy atom. The van der Waals surface area contributed by atoms with E-state index in [0.717, 1.165) is 6.07 Å². The minimum Gasteiger partial charge on any atom is -0.465 e. The van der Waals surface area contributed by atoms with Crippen molar-refractivity contribution in [2.75, 3.05) is 0 Å². The minimum atomic E-state index is -1.39. The van der Waals surface area contributed by atoms with Gasteiger partial charge in [-0.05, 0) is 29.8 Å². The van der Waals surface area contributed by atoms with Gasteiger partial charge in [-0.1, -0.05) is 41.4 Å². The van der Waals surface area contributed by atoms with Crippen molar-refractivity contribution in [1.29, 1.82) is 0 Å². The van der Waals surface area contributed by atoms with E-state index in [4.69, 9.17) is 28.3 Å². The zero-order valence-electron chi connectivity index (χ0n) is 11.1. The third-order valence-electron chi connectivity index (χ3n) is 3.08. The van der Waals surface area contributed by atoms with E-state index < -0.39 is 24.1 Å². The first-order valence-electron chi connectivity index (χ1n) is 6.26. The molecule has 0 aliphatic rings. The Morgan fingerprint density at radius 3 is 2.41 bits per heavy atom. The highest BCUT2D eigenvalue weighted by Gasteiger charge is 2.27. The van der Waals surface area contributed by atoms with Crippen LogP contribution >= 0.6 is 23.2 Å². The maximum Gasteiger partial charge on any atom is 0.405 e. The normalized spacial score (nSPS) is 13.5. The maximum atomic E-state index is 14.1. The molecule has 0 fully saturated rings. The van der Waals surface area contributed by atoms with Crippen LogP contribution in [0.5, 0.6) is 0 Å². The van der Waals surface area contributed by atoms with E-state index in [1.54, 1.807) is 18.2 Å². The second kappa shape index (κ2) is 6.96. The lowest BCUT2D eigenvalue weighted by Crippen LogP contribution is -2.32. The number of hydrogen-bond acceptors (Lipinski definition) is 2. The Kier molecular flexibility index (Phi) is 5.24. The summed E-state index contributed by atoms with van der Waals surface area (Å²) in [6.45, 7) is 0. The summed E-state index contributed by atoms with van der Waals surface area (Å²) in [6, 6.07) is 8.87. The first-order valence-corrected chi connectivity index (χ1v) is 7.02. The zero-order valence-corrected chi connectivity index (χ0v) is 12.6. The van der Waals surface area contributed by atoms with Gasteiger partial charge in [0.15, 0.2) is 0 Å². The second-order valence-corrected chi connectivity index (χ2v) is 5.47. The predicted octanol–water partition coefficient (Wildman–Crippen LogP) is 4.17. The Bertz CT molecular complexity index is 696. The molecule has 0 aliphatic carbocycles. The third-order valence-corrected chi connectivity index (χ3v) is 3.55. The summed E-state index contributed by atoms with van der Waals surface area (Å²) in [5.74, 6) is -0.715. The topological polar surface area (TPSA) is 69.6 Å². The number of aliphatic hydroxyl groups excluding tert-OH is 1. The van der Waals surface area contributed by atoms with Crippen LogP contribution < -0.4 is 5.32 Å². The molecule has 0 radical (unpaired) electrons. The Labute approximate surface area is 136 Å². The molecule has 0 heterocycles. The molecule has 22 heavy (non-hydrogen) atoms. The third kappa shape index (κ3) is 3.88. The largest absolute Gasteiger partial charge is 0.465 e. The Morgan fingerprint density at radius 1 is 1.14 bits per heavy atom. The van der Waals surface area contributed by atoms with Crippen LogP contribution in [-0.4, -0.2) is 16.3 Å². The quantitative estimate of drug-likeness (QED) is 0.780. The average Bonchev–Trinajstić information content (AvgIpc) is 2.44. The van der Waals surface area contributed by atoms with Crippen molar-refractivity contribution >= 4 is 29.3 Å². The summed E-state index contributed by atoms with van der Waals surface area (Å²) in [4.78, 5) is 11.0. The van der Waals surface area contributed by atoms with Crippen LogP contribution in [0.3, 0.4) is 0 Å². The minimum absolute atomic E-state index is 0.0146. The van der Waals surface area contributed by atoms with Gasteiger partial charge in [-0.25, -0.2) is 9.18 Å². The molecule has 7 heteroatoms. The first-order chi connectivity index (χ1) is 10.4. The lowest BCUT2D eigenvalue weighted by molar-refractivity contribution is 0.119. The number of hydrogen-bond donors (Lipinski definition) is 3. The number of rotatable bonds is 4. The average molecular weight is 344 g/mol. The number of aliphatic hydroxyl groups is 1. The molecule has 2 aromatic rings.